The number of hydrogen-bond acceptors (Lipinski definition) is 9. The van der Waals surface area contributed by atoms with Gasteiger partial charge in [0.1, 0.15) is 33.0 Å². The first kappa shape index (κ1) is 28.1. The quantitative estimate of drug-likeness (QED) is 0.297. The Labute approximate surface area is 225 Å². The van der Waals surface area contributed by atoms with E-state index in [0.29, 0.717) is 15.1 Å². The number of carboxylic acid groups (broad SMARTS) is 1. The minimum atomic E-state index is -1.91. The molecule has 3 aromatic heterocycles. The molecule has 2 atom stereocenters. The highest BCUT2D eigenvalue weighted by Crippen LogP contribution is 2.34. The number of fused-ring (bicyclic) bond motifs is 1. The molecular weight excluding hydrogens is 533 g/mol. The van der Waals surface area contributed by atoms with Crippen molar-refractivity contribution in [3.05, 3.63) is 68.4 Å². The van der Waals surface area contributed by atoms with Crippen LogP contribution >= 0.6 is 11.3 Å². The number of ether oxygens (including phenoxy) is 2. The van der Waals surface area contributed by atoms with Crippen molar-refractivity contribution in [2.45, 2.75) is 52.0 Å². The van der Waals surface area contributed by atoms with Gasteiger partial charge < -0.3 is 19.7 Å². The molecule has 4 aromatic rings. The van der Waals surface area contributed by atoms with Gasteiger partial charge in [0, 0.05) is 11.1 Å². The van der Waals surface area contributed by atoms with Crippen LogP contribution in [0, 0.1) is 12.7 Å². The predicted octanol–water partition coefficient (Wildman–Crippen LogP) is 2.22. The Hall–Kier alpha value is -3.88. The number of aromatic nitrogens is 5. The lowest BCUT2D eigenvalue weighted by Gasteiger charge is -2.26. The van der Waals surface area contributed by atoms with E-state index in [-0.39, 0.29) is 34.7 Å². The highest BCUT2D eigenvalue weighted by molar-refractivity contribution is 7.21. The van der Waals surface area contributed by atoms with Crippen LogP contribution in [0.3, 0.4) is 0 Å². The van der Waals surface area contributed by atoms with Crippen molar-refractivity contribution >= 4 is 27.5 Å². The fourth-order valence-corrected chi connectivity index (χ4v) is 5.43. The monoisotopic (exact) mass is 561 g/mol. The molecule has 0 aliphatic heterocycles. The number of carboxylic acids is 1. The SMILES string of the molecule is COc1ccc(F)cc1[C@H](Cn1c(=O)n(C(C)(C)C(=O)O)c(=O)c2c(C)c(-n3nccn3)sc21)OC[C@H](C)O. The molecule has 0 amide bonds. The van der Waals surface area contributed by atoms with Crippen LogP contribution in [0.25, 0.3) is 15.2 Å². The standard InChI is InChI=1S/C25H28FN5O7S/c1-13(32)12-38-18(16-10-15(26)6-7-17(16)37-5)11-29-22-19(14(2)21(39-22)31-27-8-9-28-31)20(33)30(24(29)36)25(3,4)23(34)35/h6-10,13,18,32H,11-12H2,1-5H3,(H,34,35)/t13-,18-/m0/s1. The van der Waals surface area contributed by atoms with Gasteiger partial charge in [-0.2, -0.15) is 10.2 Å². The molecule has 0 aliphatic rings. The largest absolute Gasteiger partial charge is 0.496 e. The van der Waals surface area contributed by atoms with Gasteiger partial charge in [0.2, 0.25) is 0 Å². The smallest absolute Gasteiger partial charge is 0.333 e. The first-order valence-corrected chi connectivity index (χ1v) is 12.7. The van der Waals surface area contributed by atoms with Crippen LogP contribution in [-0.4, -0.2) is 60.1 Å². The molecule has 4 rings (SSSR count). The molecule has 0 spiro atoms. The van der Waals surface area contributed by atoms with Gasteiger partial charge in [0.05, 0.1) is 44.1 Å². The fraction of sp³-hybridized carbons (Fsp3) is 0.400. The lowest BCUT2D eigenvalue weighted by Crippen LogP contribution is -2.52. The molecule has 3 heterocycles. The molecule has 12 nitrogen and oxygen atoms in total. The molecule has 0 saturated carbocycles. The number of hydrogen-bond donors (Lipinski definition) is 2. The maximum Gasteiger partial charge on any atom is 0.333 e. The van der Waals surface area contributed by atoms with Crippen LogP contribution < -0.4 is 16.0 Å². The molecule has 39 heavy (non-hydrogen) atoms. The van der Waals surface area contributed by atoms with Crippen LogP contribution in [-0.2, 0) is 21.6 Å². The van der Waals surface area contributed by atoms with Crippen molar-refractivity contribution in [2.24, 2.45) is 0 Å². The second-order valence-corrected chi connectivity index (χ2v) is 10.5. The third-order valence-electron chi connectivity index (χ3n) is 6.30. The second kappa shape index (κ2) is 10.7. The first-order chi connectivity index (χ1) is 18.4. The molecule has 14 heteroatoms. The molecule has 0 bridgehead atoms. The van der Waals surface area contributed by atoms with Crippen molar-refractivity contribution in [2.75, 3.05) is 13.7 Å². The molecule has 1 aromatic carbocycles. The molecule has 0 fully saturated rings. The predicted molar refractivity (Wildman–Crippen MR) is 140 cm³/mol. The summed E-state index contributed by atoms with van der Waals surface area (Å²) in [5.74, 6) is -1.69. The highest BCUT2D eigenvalue weighted by Gasteiger charge is 2.36. The highest BCUT2D eigenvalue weighted by atomic mass is 32.1. The average molecular weight is 562 g/mol. The lowest BCUT2D eigenvalue weighted by molar-refractivity contribution is -0.146. The summed E-state index contributed by atoms with van der Waals surface area (Å²) in [5.41, 5.74) is -2.88. The number of aryl methyl sites for hydroxylation is 1. The van der Waals surface area contributed by atoms with Gasteiger partial charge in [0.25, 0.3) is 5.56 Å². The molecule has 0 saturated heterocycles. The Morgan fingerprint density at radius 2 is 1.90 bits per heavy atom. The summed E-state index contributed by atoms with van der Waals surface area (Å²) < 4.78 is 27.6. The Bertz CT molecular complexity index is 1640. The summed E-state index contributed by atoms with van der Waals surface area (Å²) in [5, 5.41) is 28.6. The number of aliphatic hydroxyl groups is 1. The maximum atomic E-state index is 14.3. The summed E-state index contributed by atoms with van der Waals surface area (Å²) in [6, 6.07) is 3.82. The van der Waals surface area contributed by atoms with Gasteiger partial charge in [-0.25, -0.2) is 18.5 Å². The Balaban J connectivity index is 2.04. The van der Waals surface area contributed by atoms with Crippen LogP contribution in [0.1, 0.15) is 38.0 Å². The molecule has 0 unspecified atom stereocenters. The zero-order chi connectivity index (χ0) is 28.6. The van der Waals surface area contributed by atoms with E-state index in [9.17, 15) is 29.0 Å². The minimum absolute atomic E-state index is 0.113. The number of aliphatic carboxylic acids is 1. The molecule has 208 valence electrons. The van der Waals surface area contributed by atoms with Crippen molar-refractivity contribution in [3.63, 3.8) is 0 Å². The molecule has 2 N–H and O–H groups in total. The van der Waals surface area contributed by atoms with Gasteiger partial charge in [-0.15, -0.1) is 4.80 Å². The number of benzene rings is 1. The number of rotatable bonds is 10. The third kappa shape index (κ3) is 5.10. The number of methoxy groups -OCH3 is 1. The van der Waals surface area contributed by atoms with E-state index in [1.807, 2.05) is 0 Å². The van der Waals surface area contributed by atoms with E-state index in [2.05, 4.69) is 10.2 Å². The summed E-state index contributed by atoms with van der Waals surface area (Å²) in [6.07, 6.45) is 1.00. The summed E-state index contributed by atoms with van der Waals surface area (Å²) >= 11 is 1.07. The number of thiophene rings is 1. The first-order valence-electron chi connectivity index (χ1n) is 11.9. The number of halogens is 1. The lowest BCUT2D eigenvalue weighted by atomic mass is 10.1. The van der Waals surface area contributed by atoms with Crippen molar-refractivity contribution in [1.82, 2.24) is 24.1 Å². The summed E-state index contributed by atoms with van der Waals surface area (Å²) in [6.45, 7) is 5.25. The van der Waals surface area contributed by atoms with Gasteiger partial charge in [0.15, 0.2) is 0 Å². The van der Waals surface area contributed by atoms with Gasteiger partial charge >= 0.3 is 11.7 Å². The average Bonchev–Trinajstić information content (AvgIpc) is 3.51. The zero-order valence-corrected chi connectivity index (χ0v) is 22.7. The normalized spacial score (nSPS) is 13.5. The number of nitrogens with zero attached hydrogens (tertiary/aromatic N) is 5. The van der Waals surface area contributed by atoms with Gasteiger partial charge in [-0.05, 0) is 45.9 Å². The van der Waals surface area contributed by atoms with Crippen LogP contribution in [0.4, 0.5) is 4.39 Å². The Morgan fingerprint density at radius 1 is 1.23 bits per heavy atom. The Kier molecular flexibility index (Phi) is 7.73. The van der Waals surface area contributed by atoms with Crippen LogP contribution in [0.15, 0.2) is 40.2 Å². The van der Waals surface area contributed by atoms with Crippen molar-refractivity contribution < 1.29 is 28.9 Å². The van der Waals surface area contributed by atoms with E-state index in [4.69, 9.17) is 9.47 Å². The van der Waals surface area contributed by atoms with E-state index < -0.39 is 40.8 Å². The van der Waals surface area contributed by atoms with Crippen molar-refractivity contribution in [3.8, 4) is 10.8 Å². The number of aliphatic hydroxyl groups excluding tert-OH is 1. The topological polar surface area (TPSA) is 151 Å². The maximum absolute atomic E-state index is 14.3. The zero-order valence-electron chi connectivity index (χ0n) is 21.9. The van der Waals surface area contributed by atoms with Crippen molar-refractivity contribution in [1.29, 1.82) is 0 Å². The van der Waals surface area contributed by atoms with Crippen LogP contribution in [0.5, 0.6) is 5.75 Å². The third-order valence-corrected chi connectivity index (χ3v) is 7.58. The van der Waals surface area contributed by atoms with E-state index >= 15 is 0 Å². The molecule has 0 radical (unpaired) electrons. The van der Waals surface area contributed by atoms with E-state index in [1.165, 1.54) is 67.8 Å². The minimum Gasteiger partial charge on any atom is -0.496 e. The second-order valence-electron chi connectivity index (χ2n) is 9.49. The van der Waals surface area contributed by atoms with Gasteiger partial charge in [-0.1, -0.05) is 11.3 Å². The van der Waals surface area contributed by atoms with Gasteiger partial charge in [-0.3, -0.25) is 9.36 Å². The Morgan fingerprint density at radius 3 is 2.49 bits per heavy atom. The summed E-state index contributed by atoms with van der Waals surface area (Å²) in [7, 11) is 1.40. The fourth-order valence-electron chi connectivity index (χ4n) is 4.21. The number of carbonyl (C=O) groups is 1. The molecular formula is C25H28FN5O7S. The van der Waals surface area contributed by atoms with E-state index in [1.54, 1.807) is 6.92 Å². The van der Waals surface area contributed by atoms with Crippen LogP contribution in [0.2, 0.25) is 0 Å². The molecule has 0 aliphatic carbocycles. The summed E-state index contributed by atoms with van der Waals surface area (Å²) in [4.78, 5) is 41.3. The van der Waals surface area contributed by atoms with E-state index in [0.717, 1.165) is 11.3 Å².